The fraction of sp³-hybridized carbons (Fsp3) is 0.312. The summed E-state index contributed by atoms with van der Waals surface area (Å²) >= 11 is 0. The van der Waals surface area contributed by atoms with Crippen molar-refractivity contribution in [3.63, 3.8) is 0 Å². The number of anilines is 1. The molecule has 1 aliphatic carbocycles. The standard InChI is InChI=1S/C16H17N5O/c22-12-6-5-11(9-12)19-16-17-8-7-15(20-16)21-10-18-13-3-1-2-4-14(13)21/h1-4,7-8,10-12,22H,5-6,9H2,(H,17,19,20)/t11-,12+/m1/s1. The van der Waals surface area contributed by atoms with E-state index in [1.165, 1.54) is 0 Å². The molecule has 1 saturated carbocycles. The maximum atomic E-state index is 9.61. The van der Waals surface area contributed by atoms with Crippen LogP contribution in [-0.2, 0) is 0 Å². The fourth-order valence-corrected chi connectivity index (χ4v) is 2.97. The molecule has 6 nitrogen and oxygen atoms in total. The number of fused-ring (bicyclic) bond motifs is 1. The molecule has 2 atom stereocenters. The molecule has 3 aromatic rings. The maximum absolute atomic E-state index is 9.61. The number of hydrogen-bond acceptors (Lipinski definition) is 5. The molecule has 0 aliphatic heterocycles. The third-order valence-electron chi connectivity index (χ3n) is 4.08. The van der Waals surface area contributed by atoms with Crippen LogP contribution in [0.2, 0.25) is 0 Å². The third kappa shape index (κ3) is 2.42. The molecule has 0 saturated heterocycles. The molecule has 6 heteroatoms. The van der Waals surface area contributed by atoms with Gasteiger partial charge in [-0.25, -0.2) is 9.97 Å². The van der Waals surface area contributed by atoms with E-state index >= 15 is 0 Å². The molecule has 2 heterocycles. The highest BCUT2D eigenvalue weighted by Gasteiger charge is 2.23. The first-order valence-electron chi connectivity index (χ1n) is 7.50. The van der Waals surface area contributed by atoms with E-state index in [1.807, 2.05) is 34.9 Å². The van der Waals surface area contributed by atoms with E-state index in [2.05, 4.69) is 20.3 Å². The lowest BCUT2D eigenvalue weighted by Gasteiger charge is -2.12. The number of aliphatic hydroxyl groups is 1. The molecule has 2 N–H and O–H groups in total. The molecular weight excluding hydrogens is 278 g/mol. The van der Waals surface area contributed by atoms with E-state index in [0.717, 1.165) is 36.1 Å². The van der Waals surface area contributed by atoms with Crippen LogP contribution >= 0.6 is 0 Å². The minimum atomic E-state index is -0.210. The first kappa shape index (κ1) is 13.2. The van der Waals surface area contributed by atoms with Gasteiger partial charge in [0.15, 0.2) is 0 Å². The summed E-state index contributed by atoms with van der Waals surface area (Å²) in [6.45, 7) is 0. The lowest BCUT2D eigenvalue weighted by atomic mass is 10.2. The van der Waals surface area contributed by atoms with Gasteiger partial charge in [0, 0.05) is 12.2 Å². The van der Waals surface area contributed by atoms with Crippen LogP contribution < -0.4 is 5.32 Å². The van der Waals surface area contributed by atoms with Crippen molar-refractivity contribution in [3.05, 3.63) is 42.9 Å². The van der Waals surface area contributed by atoms with Crippen molar-refractivity contribution in [2.75, 3.05) is 5.32 Å². The van der Waals surface area contributed by atoms with Crippen molar-refractivity contribution in [3.8, 4) is 5.82 Å². The van der Waals surface area contributed by atoms with Crippen LogP contribution in [0.5, 0.6) is 0 Å². The smallest absolute Gasteiger partial charge is 0.224 e. The maximum Gasteiger partial charge on any atom is 0.224 e. The number of aliphatic hydroxyl groups excluding tert-OH is 1. The Balaban J connectivity index is 1.64. The third-order valence-corrected chi connectivity index (χ3v) is 4.08. The molecule has 112 valence electrons. The molecule has 2 aromatic heterocycles. The highest BCUT2D eigenvalue weighted by Crippen LogP contribution is 2.22. The van der Waals surface area contributed by atoms with Gasteiger partial charge in [-0.3, -0.25) is 4.57 Å². The lowest BCUT2D eigenvalue weighted by molar-refractivity contribution is 0.182. The summed E-state index contributed by atoms with van der Waals surface area (Å²) in [5, 5.41) is 12.9. The van der Waals surface area contributed by atoms with Crippen molar-refractivity contribution in [2.45, 2.75) is 31.4 Å². The van der Waals surface area contributed by atoms with E-state index in [1.54, 1.807) is 12.5 Å². The summed E-state index contributed by atoms with van der Waals surface area (Å²) in [4.78, 5) is 13.2. The molecule has 0 spiro atoms. The zero-order chi connectivity index (χ0) is 14.9. The normalized spacial score (nSPS) is 21.3. The quantitative estimate of drug-likeness (QED) is 0.774. The topological polar surface area (TPSA) is 75.9 Å². The fourth-order valence-electron chi connectivity index (χ4n) is 2.97. The summed E-state index contributed by atoms with van der Waals surface area (Å²) in [6, 6.07) is 10.1. The summed E-state index contributed by atoms with van der Waals surface area (Å²) < 4.78 is 1.95. The van der Waals surface area contributed by atoms with Gasteiger partial charge in [-0.2, -0.15) is 4.98 Å². The van der Waals surface area contributed by atoms with Crippen LogP contribution in [0.15, 0.2) is 42.9 Å². The number of para-hydroxylation sites is 2. The summed E-state index contributed by atoms with van der Waals surface area (Å²) in [5.41, 5.74) is 1.96. The Labute approximate surface area is 127 Å². The predicted molar refractivity (Wildman–Crippen MR) is 83.9 cm³/mol. The minimum absolute atomic E-state index is 0.210. The molecular formula is C16H17N5O. The van der Waals surface area contributed by atoms with Gasteiger partial charge in [0.2, 0.25) is 5.95 Å². The van der Waals surface area contributed by atoms with Gasteiger partial charge in [0.25, 0.3) is 0 Å². The number of hydrogen-bond donors (Lipinski definition) is 2. The molecule has 0 amide bonds. The highest BCUT2D eigenvalue weighted by atomic mass is 16.3. The Hall–Kier alpha value is -2.47. The lowest BCUT2D eigenvalue weighted by Crippen LogP contribution is -2.18. The molecule has 0 unspecified atom stereocenters. The second kappa shape index (κ2) is 5.38. The van der Waals surface area contributed by atoms with E-state index in [4.69, 9.17) is 0 Å². The molecule has 1 aliphatic rings. The van der Waals surface area contributed by atoms with Gasteiger partial charge in [0.05, 0.1) is 17.1 Å². The Kier molecular flexibility index (Phi) is 3.23. The van der Waals surface area contributed by atoms with Crippen LogP contribution in [0.1, 0.15) is 19.3 Å². The number of rotatable bonds is 3. The van der Waals surface area contributed by atoms with Crippen LogP contribution in [-0.4, -0.2) is 36.8 Å². The summed E-state index contributed by atoms with van der Waals surface area (Å²) in [6.07, 6.45) is 5.84. The van der Waals surface area contributed by atoms with Crippen LogP contribution in [0.25, 0.3) is 16.9 Å². The Bertz CT molecular complexity index is 800. The van der Waals surface area contributed by atoms with Gasteiger partial charge < -0.3 is 10.4 Å². The van der Waals surface area contributed by atoms with Crippen molar-refractivity contribution < 1.29 is 5.11 Å². The number of benzene rings is 1. The Morgan fingerprint density at radius 3 is 2.91 bits per heavy atom. The van der Waals surface area contributed by atoms with Gasteiger partial charge >= 0.3 is 0 Å². The van der Waals surface area contributed by atoms with Crippen molar-refractivity contribution in [2.24, 2.45) is 0 Å². The number of imidazole rings is 1. The average Bonchev–Trinajstić information content (AvgIpc) is 3.14. The molecule has 1 fully saturated rings. The summed E-state index contributed by atoms with van der Waals surface area (Å²) in [5.74, 6) is 1.37. The van der Waals surface area contributed by atoms with Crippen LogP contribution in [0.4, 0.5) is 5.95 Å². The van der Waals surface area contributed by atoms with E-state index < -0.39 is 0 Å². The van der Waals surface area contributed by atoms with Gasteiger partial charge in [0.1, 0.15) is 12.1 Å². The largest absolute Gasteiger partial charge is 0.393 e. The molecule has 0 bridgehead atoms. The van der Waals surface area contributed by atoms with Crippen LogP contribution in [0, 0.1) is 0 Å². The van der Waals surface area contributed by atoms with Crippen LogP contribution in [0.3, 0.4) is 0 Å². The first-order valence-corrected chi connectivity index (χ1v) is 7.50. The van der Waals surface area contributed by atoms with Crippen molar-refractivity contribution in [1.82, 2.24) is 19.5 Å². The number of nitrogens with zero attached hydrogens (tertiary/aromatic N) is 4. The van der Waals surface area contributed by atoms with Crippen molar-refractivity contribution >= 4 is 17.0 Å². The van der Waals surface area contributed by atoms with E-state index in [-0.39, 0.29) is 12.1 Å². The first-order chi connectivity index (χ1) is 10.8. The SMILES string of the molecule is O[C@H]1CC[C@@H](Nc2nccc(-n3cnc4ccccc43)n2)C1. The molecule has 0 radical (unpaired) electrons. The summed E-state index contributed by atoms with van der Waals surface area (Å²) in [7, 11) is 0. The average molecular weight is 295 g/mol. The Morgan fingerprint density at radius 1 is 1.14 bits per heavy atom. The second-order valence-corrected chi connectivity index (χ2v) is 5.65. The molecule has 22 heavy (non-hydrogen) atoms. The highest BCUT2D eigenvalue weighted by molar-refractivity contribution is 5.76. The monoisotopic (exact) mass is 295 g/mol. The number of nitrogens with one attached hydrogen (secondary N) is 1. The Morgan fingerprint density at radius 2 is 2.05 bits per heavy atom. The molecule has 4 rings (SSSR count). The van der Waals surface area contributed by atoms with E-state index in [9.17, 15) is 5.11 Å². The van der Waals surface area contributed by atoms with E-state index in [0.29, 0.717) is 5.95 Å². The van der Waals surface area contributed by atoms with Gasteiger partial charge in [-0.05, 0) is 37.5 Å². The number of aromatic nitrogens is 4. The zero-order valence-electron chi connectivity index (χ0n) is 12.1. The molecule has 1 aromatic carbocycles. The zero-order valence-corrected chi connectivity index (χ0v) is 12.1. The van der Waals surface area contributed by atoms with Crippen molar-refractivity contribution in [1.29, 1.82) is 0 Å². The van der Waals surface area contributed by atoms with Gasteiger partial charge in [-0.15, -0.1) is 0 Å². The minimum Gasteiger partial charge on any atom is -0.393 e. The van der Waals surface area contributed by atoms with Gasteiger partial charge in [-0.1, -0.05) is 12.1 Å². The second-order valence-electron chi connectivity index (χ2n) is 5.65. The predicted octanol–water partition coefficient (Wildman–Crippen LogP) is 2.14.